The molecule has 0 spiro atoms. The van der Waals surface area contributed by atoms with Gasteiger partial charge < -0.3 is 52.5 Å². The highest BCUT2D eigenvalue weighted by Gasteiger charge is 2.57. The van der Waals surface area contributed by atoms with E-state index >= 15 is 0 Å². The van der Waals surface area contributed by atoms with Crippen LogP contribution < -0.4 is 0 Å². The maximum absolute atomic E-state index is 12.2. The minimum Gasteiger partial charge on any atom is -0.463 e. The molecular weight excluding hydrogens is 600 g/mol. The van der Waals surface area contributed by atoms with Gasteiger partial charge in [0.2, 0.25) is 0 Å². The Morgan fingerprint density at radius 1 is 0.477 bits per heavy atom. The van der Waals surface area contributed by atoms with Crippen LogP contribution in [0.5, 0.6) is 0 Å². The molecule has 0 amide bonds. The summed E-state index contributed by atoms with van der Waals surface area (Å²) in [7, 11) is 0. The minimum atomic E-state index is -1.90. The maximum Gasteiger partial charge on any atom is 0.303 e. The summed E-state index contributed by atoms with van der Waals surface area (Å²) in [6.07, 6.45) is -16.3. The summed E-state index contributed by atoms with van der Waals surface area (Å²) in [4.78, 5) is 83.5. The quantitative estimate of drug-likeness (QED) is 0.203. The predicted octanol–water partition coefficient (Wildman–Crippen LogP) is -1.40. The SMILES string of the molecule is CC(=O)OCC1O[C@@H](O)C(OC(C)=O)[C@H](OC(C)=O)[C@@H]1O[C@@H]1OC(COC(C)=O)[C@H](OC(C)=O)[C@H](OC(C)=O)C1OC(C)=O. The van der Waals surface area contributed by atoms with E-state index < -0.39 is 116 Å². The van der Waals surface area contributed by atoms with Crippen LogP contribution in [0.1, 0.15) is 48.5 Å². The summed E-state index contributed by atoms with van der Waals surface area (Å²) in [5.74, 6) is -6.03. The summed E-state index contributed by atoms with van der Waals surface area (Å²) in [5, 5.41) is 10.6. The van der Waals surface area contributed by atoms with Crippen molar-refractivity contribution in [2.45, 2.75) is 110 Å². The number of hydrogen-bond donors (Lipinski definition) is 1. The molecule has 2 aliphatic heterocycles. The van der Waals surface area contributed by atoms with E-state index in [1.807, 2.05) is 0 Å². The molecule has 10 atom stereocenters. The Morgan fingerprint density at radius 3 is 1.27 bits per heavy atom. The van der Waals surface area contributed by atoms with E-state index in [9.17, 15) is 38.7 Å². The largest absolute Gasteiger partial charge is 0.463 e. The molecule has 4 unspecified atom stereocenters. The highest BCUT2D eigenvalue weighted by molar-refractivity contribution is 5.69. The Kier molecular flexibility index (Phi) is 13.4. The van der Waals surface area contributed by atoms with Gasteiger partial charge in [0, 0.05) is 48.5 Å². The first kappa shape index (κ1) is 36.3. The van der Waals surface area contributed by atoms with E-state index in [1.54, 1.807) is 0 Å². The maximum atomic E-state index is 12.2. The number of ether oxygens (including phenoxy) is 10. The number of carbonyl (C=O) groups excluding carboxylic acids is 7. The summed E-state index contributed by atoms with van der Waals surface area (Å²) < 4.78 is 54.1. The van der Waals surface area contributed by atoms with Crippen LogP contribution in [0, 0.1) is 0 Å². The van der Waals surface area contributed by atoms with Crippen LogP contribution in [0.2, 0.25) is 0 Å². The molecule has 44 heavy (non-hydrogen) atoms. The zero-order valence-electron chi connectivity index (χ0n) is 25.1. The molecule has 1 N–H and O–H groups in total. The Morgan fingerprint density at radius 2 is 0.841 bits per heavy atom. The van der Waals surface area contributed by atoms with Crippen LogP contribution in [0.15, 0.2) is 0 Å². The van der Waals surface area contributed by atoms with Gasteiger partial charge in [-0.3, -0.25) is 33.6 Å². The van der Waals surface area contributed by atoms with Crippen molar-refractivity contribution in [2.24, 2.45) is 0 Å². The number of carbonyl (C=O) groups is 7. The predicted molar refractivity (Wildman–Crippen MR) is 135 cm³/mol. The van der Waals surface area contributed by atoms with Gasteiger partial charge in [-0.25, -0.2) is 0 Å². The Balaban J connectivity index is 2.66. The summed E-state index contributed by atoms with van der Waals surface area (Å²) in [5.41, 5.74) is 0. The molecule has 0 saturated carbocycles. The third-order valence-electron chi connectivity index (χ3n) is 5.90. The number of hydrogen-bond acceptors (Lipinski definition) is 18. The third-order valence-corrected chi connectivity index (χ3v) is 5.90. The van der Waals surface area contributed by atoms with Gasteiger partial charge in [0.25, 0.3) is 0 Å². The molecular formula is C26H36O18. The monoisotopic (exact) mass is 636 g/mol. The highest BCUT2D eigenvalue weighted by Crippen LogP contribution is 2.34. The molecule has 2 rings (SSSR count). The Hall–Kier alpha value is -3.87. The van der Waals surface area contributed by atoms with E-state index in [1.165, 1.54) is 0 Å². The molecule has 0 aromatic carbocycles. The average Bonchev–Trinajstić information content (AvgIpc) is 2.87. The van der Waals surface area contributed by atoms with Crippen molar-refractivity contribution in [3.05, 3.63) is 0 Å². The zero-order valence-corrected chi connectivity index (χ0v) is 25.1. The number of aliphatic hydroxyl groups is 1. The number of rotatable bonds is 11. The van der Waals surface area contributed by atoms with Crippen LogP contribution in [-0.4, -0.2) is 122 Å². The first-order valence-corrected chi connectivity index (χ1v) is 13.3. The van der Waals surface area contributed by atoms with Crippen LogP contribution in [-0.2, 0) is 80.9 Å². The van der Waals surface area contributed by atoms with Crippen LogP contribution in [0.3, 0.4) is 0 Å². The topological polar surface area (TPSA) is 232 Å². The second-order valence-electron chi connectivity index (χ2n) is 9.68. The highest BCUT2D eigenvalue weighted by atomic mass is 16.8. The molecule has 248 valence electrons. The number of aliphatic hydroxyl groups excluding tert-OH is 1. The fraction of sp³-hybridized carbons (Fsp3) is 0.731. The van der Waals surface area contributed by atoms with Gasteiger partial charge in [-0.15, -0.1) is 0 Å². The molecule has 0 aromatic heterocycles. The smallest absolute Gasteiger partial charge is 0.303 e. The van der Waals surface area contributed by atoms with Gasteiger partial charge in [-0.05, 0) is 0 Å². The molecule has 0 aromatic rings. The van der Waals surface area contributed by atoms with Crippen molar-refractivity contribution in [2.75, 3.05) is 13.2 Å². The standard InChI is InChI=1S/C26H36O18/c1-10(27)35-8-17-20(21(38-13(4)30)23(25(34)42-17)40-15(6)32)44-26-24(41-16(7)33)22(39-14(5)31)19(37-12(3)29)18(43-26)9-36-11(2)28/h17-26,34H,8-9H2,1-7H3/t17?,18?,19-,20+,21+,22-,23?,24?,25+,26-/m0/s1. The molecule has 2 fully saturated rings. The summed E-state index contributed by atoms with van der Waals surface area (Å²) >= 11 is 0. The van der Waals surface area contributed by atoms with E-state index in [2.05, 4.69) is 0 Å². The molecule has 2 aliphatic rings. The van der Waals surface area contributed by atoms with E-state index in [-0.39, 0.29) is 0 Å². The number of esters is 7. The molecule has 0 radical (unpaired) electrons. The fourth-order valence-electron chi connectivity index (χ4n) is 4.49. The van der Waals surface area contributed by atoms with Crippen LogP contribution >= 0.6 is 0 Å². The molecule has 2 saturated heterocycles. The van der Waals surface area contributed by atoms with E-state index in [0.717, 1.165) is 48.5 Å². The lowest BCUT2D eigenvalue weighted by Gasteiger charge is -2.48. The lowest BCUT2D eigenvalue weighted by Crippen LogP contribution is -2.67. The second-order valence-corrected chi connectivity index (χ2v) is 9.68. The lowest BCUT2D eigenvalue weighted by molar-refractivity contribution is -0.357. The summed E-state index contributed by atoms with van der Waals surface area (Å²) in [6.45, 7) is 6.11. The molecule has 0 bridgehead atoms. The lowest BCUT2D eigenvalue weighted by atomic mass is 9.96. The third kappa shape index (κ3) is 10.7. The minimum absolute atomic E-state index is 0.572. The first-order chi connectivity index (χ1) is 20.5. The van der Waals surface area contributed by atoms with Gasteiger partial charge in [0.1, 0.15) is 31.5 Å². The van der Waals surface area contributed by atoms with Gasteiger partial charge in [0.05, 0.1) is 0 Å². The fourth-order valence-corrected chi connectivity index (χ4v) is 4.49. The van der Waals surface area contributed by atoms with Crippen LogP contribution in [0.25, 0.3) is 0 Å². The summed E-state index contributed by atoms with van der Waals surface area (Å²) in [6, 6.07) is 0. The van der Waals surface area contributed by atoms with Crippen molar-refractivity contribution in [1.82, 2.24) is 0 Å². The van der Waals surface area contributed by atoms with Gasteiger partial charge >= 0.3 is 41.8 Å². The molecule has 0 aliphatic carbocycles. The van der Waals surface area contributed by atoms with Crippen LogP contribution in [0.4, 0.5) is 0 Å². The van der Waals surface area contributed by atoms with Gasteiger partial charge in [0.15, 0.2) is 43.1 Å². The second kappa shape index (κ2) is 16.3. The molecule has 18 heteroatoms. The van der Waals surface area contributed by atoms with Gasteiger partial charge in [-0.2, -0.15) is 0 Å². The van der Waals surface area contributed by atoms with Crippen molar-refractivity contribution in [1.29, 1.82) is 0 Å². The Bertz CT molecular complexity index is 1090. The zero-order chi connectivity index (χ0) is 33.3. The van der Waals surface area contributed by atoms with Crippen molar-refractivity contribution in [3.8, 4) is 0 Å². The molecule has 2 heterocycles. The average molecular weight is 637 g/mol. The van der Waals surface area contributed by atoms with E-state index in [4.69, 9.17) is 47.4 Å². The van der Waals surface area contributed by atoms with Crippen molar-refractivity contribution < 1.29 is 86.0 Å². The van der Waals surface area contributed by atoms with E-state index in [0.29, 0.717) is 0 Å². The normalized spacial score (nSPS) is 31.5. The first-order valence-electron chi connectivity index (χ1n) is 13.3. The molecule has 18 nitrogen and oxygen atoms in total. The van der Waals surface area contributed by atoms with Crippen molar-refractivity contribution in [3.63, 3.8) is 0 Å². The van der Waals surface area contributed by atoms with Gasteiger partial charge in [-0.1, -0.05) is 0 Å². The Labute approximate surface area is 251 Å². The van der Waals surface area contributed by atoms with Crippen molar-refractivity contribution >= 4 is 41.8 Å².